The lowest BCUT2D eigenvalue weighted by Crippen LogP contribution is -2.38. The molecule has 22 heavy (non-hydrogen) atoms. The van der Waals surface area contributed by atoms with Gasteiger partial charge in [-0.1, -0.05) is 0 Å². The van der Waals surface area contributed by atoms with E-state index in [0.29, 0.717) is 19.3 Å². The first-order valence-corrected chi connectivity index (χ1v) is 7.76. The minimum atomic E-state index is 0.300. The number of aryl methyl sites for hydroxylation is 1. The van der Waals surface area contributed by atoms with Gasteiger partial charge in [0.1, 0.15) is 12.2 Å². The molecule has 8 nitrogen and oxygen atoms in total. The highest BCUT2D eigenvalue weighted by Gasteiger charge is 2.14. The zero-order valence-electron chi connectivity index (χ0n) is 13.4. The largest absolute Gasteiger partial charge is 0.379 e. The fraction of sp³-hybridized carbons (Fsp3) is 0.786. The minimum Gasteiger partial charge on any atom is -0.379 e. The van der Waals surface area contributed by atoms with Gasteiger partial charge in [-0.25, -0.2) is 4.98 Å². The molecule has 0 radical (unpaired) electrons. The predicted octanol–water partition coefficient (Wildman–Crippen LogP) is 0.0658. The van der Waals surface area contributed by atoms with Crippen molar-refractivity contribution >= 4 is 5.96 Å². The van der Waals surface area contributed by atoms with Crippen LogP contribution in [0.5, 0.6) is 0 Å². The summed E-state index contributed by atoms with van der Waals surface area (Å²) in [5.41, 5.74) is 0. The van der Waals surface area contributed by atoms with E-state index >= 15 is 0 Å². The Bertz CT molecular complexity index is 456. The van der Waals surface area contributed by atoms with Crippen LogP contribution in [0.3, 0.4) is 0 Å². The SMILES string of the molecule is CN=C(NCCCOCC1CCCO1)NCc1ncnn1C. The third-order valence-electron chi connectivity index (χ3n) is 3.53. The molecule has 0 aromatic carbocycles. The molecule has 2 rings (SSSR count). The number of nitrogens with zero attached hydrogens (tertiary/aromatic N) is 4. The maximum absolute atomic E-state index is 5.62. The van der Waals surface area contributed by atoms with E-state index < -0.39 is 0 Å². The number of guanidine groups is 1. The molecule has 1 aliphatic heterocycles. The molecule has 1 unspecified atom stereocenters. The van der Waals surface area contributed by atoms with Crippen LogP contribution in [0, 0.1) is 0 Å². The molecule has 1 atom stereocenters. The maximum Gasteiger partial charge on any atom is 0.191 e. The molecule has 1 aromatic heterocycles. The highest BCUT2D eigenvalue weighted by molar-refractivity contribution is 5.79. The molecule has 1 saturated heterocycles. The first kappa shape index (κ1) is 16.7. The molecular formula is C14H26N6O2. The first-order valence-electron chi connectivity index (χ1n) is 7.76. The standard InChI is InChI=1S/C14H26N6O2/c1-15-14(17-9-13-18-11-19-20(13)2)16-6-4-7-21-10-12-5-3-8-22-12/h11-12H,3-10H2,1-2H3,(H2,15,16,17). The zero-order chi connectivity index (χ0) is 15.6. The molecule has 124 valence electrons. The van der Waals surface area contributed by atoms with E-state index in [2.05, 4.69) is 25.7 Å². The normalized spacial score (nSPS) is 18.6. The van der Waals surface area contributed by atoms with Gasteiger partial charge in [0, 0.05) is 33.9 Å². The van der Waals surface area contributed by atoms with Gasteiger partial charge in [-0.3, -0.25) is 9.67 Å². The average molecular weight is 310 g/mol. The summed E-state index contributed by atoms with van der Waals surface area (Å²) in [7, 11) is 3.62. The second-order valence-corrected chi connectivity index (χ2v) is 5.22. The lowest BCUT2D eigenvalue weighted by molar-refractivity contribution is 0.0168. The van der Waals surface area contributed by atoms with Crippen molar-refractivity contribution in [1.82, 2.24) is 25.4 Å². The third-order valence-corrected chi connectivity index (χ3v) is 3.53. The van der Waals surface area contributed by atoms with Crippen molar-refractivity contribution < 1.29 is 9.47 Å². The fourth-order valence-corrected chi connectivity index (χ4v) is 2.24. The van der Waals surface area contributed by atoms with Gasteiger partial charge < -0.3 is 20.1 Å². The van der Waals surface area contributed by atoms with Gasteiger partial charge in [0.05, 0.1) is 19.3 Å². The number of ether oxygens (including phenoxy) is 2. The van der Waals surface area contributed by atoms with Gasteiger partial charge in [-0.2, -0.15) is 5.10 Å². The molecular weight excluding hydrogens is 284 g/mol. The summed E-state index contributed by atoms with van der Waals surface area (Å²) < 4.78 is 12.9. The number of aromatic nitrogens is 3. The zero-order valence-corrected chi connectivity index (χ0v) is 13.4. The van der Waals surface area contributed by atoms with Crippen molar-refractivity contribution in [2.75, 3.05) is 33.4 Å². The van der Waals surface area contributed by atoms with E-state index in [4.69, 9.17) is 9.47 Å². The number of nitrogens with one attached hydrogen (secondary N) is 2. The second kappa shape index (κ2) is 9.37. The molecule has 8 heteroatoms. The van der Waals surface area contributed by atoms with Crippen molar-refractivity contribution in [3.63, 3.8) is 0 Å². The molecule has 2 heterocycles. The second-order valence-electron chi connectivity index (χ2n) is 5.22. The maximum atomic E-state index is 5.62. The van der Waals surface area contributed by atoms with Crippen LogP contribution in [0.4, 0.5) is 0 Å². The summed E-state index contributed by atoms with van der Waals surface area (Å²) >= 11 is 0. The Labute approximate surface area is 131 Å². The summed E-state index contributed by atoms with van der Waals surface area (Å²) in [6, 6.07) is 0. The highest BCUT2D eigenvalue weighted by atomic mass is 16.5. The Morgan fingerprint density at radius 2 is 2.45 bits per heavy atom. The van der Waals surface area contributed by atoms with Gasteiger partial charge in [0.25, 0.3) is 0 Å². The van der Waals surface area contributed by atoms with Gasteiger partial charge in [0.15, 0.2) is 5.96 Å². The van der Waals surface area contributed by atoms with Crippen molar-refractivity contribution in [3.8, 4) is 0 Å². The van der Waals surface area contributed by atoms with Crippen LogP contribution in [0.2, 0.25) is 0 Å². The van der Waals surface area contributed by atoms with E-state index in [1.54, 1.807) is 18.1 Å². The Kier molecular flexibility index (Phi) is 7.11. The van der Waals surface area contributed by atoms with Crippen LogP contribution in [0.1, 0.15) is 25.1 Å². The van der Waals surface area contributed by atoms with Gasteiger partial charge >= 0.3 is 0 Å². The number of hydrogen-bond donors (Lipinski definition) is 2. The average Bonchev–Trinajstić information content (AvgIpc) is 3.17. The first-order chi connectivity index (χ1) is 10.8. The predicted molar refractivity (Wildman–Crippen MR) is 83.6 cm³/mol. The van der Waals surface area contributed by atoms with Crippen molar-refractivity contribution in [2.45, 2.75) is 31.9 Å². The molecule has 0 aliphatic carbocycles. The fourth-order valence-electron chi connectivity index (χ4n) is 2.24. The summed E-state index contributed by atoms with van der Waals surface area (Å²) in [4.78, 5) is 8.33. The van der Waals surface area contributed by atoms with Crippen LogP contribution < -0.4 is 10.6 Å². The van der Waals surface area contributed by atoms with Crippen LogP contribution in [0.25, 0.3) is 0 Å². The van der Waals surface area contributed by atoms with Crippen molar-refractivity contribution in [3.05, 3.63) is 12.2 Å². The van der Waals surface area contributed by atoms with Gasteiger partial charge in [-0.15, -0.1) is 0 Å². The van der Waals surface area contributed by atoms with Crippen LogP contribution >= 0.6 is 0 Å². The third kappa shape index (κ3) is 5.61. The van der Waals surface area contributed by atoms with Crippen molar-refractivity contribution in [2.24, 2.45) is 12.0 Å². The monoisotopic (exact) mass is 310 g/mol. The summed E-state index contributed by atoms with van der Waals surface area (Å²) in [6.45, 7) is 3.71. The van der Waals surface area contributed by atoms with E-state index in [-0.39, 0.29) is 0 Å². The van der Waals surface area contributed by atoms with Crippen LogP contribution in [-0.2, 0) is 23.1 Å². The van der Waals surface area contributed by atoms with E-state index in [1.807, 2.05) is 7.05 Å². The van der Waals surface area contributed by atoms with E-state index in [9.17, 15) is 0 Å². The molecule has 0 amide bonds. The summed E-state index contributed by atoms with van der Waals surface area (Å²) in [6.07, 6.45) is 5.05. The lowest BCUT2D eigenvalue weighted by atomic mass is 10.2. The van der Waals surface area contributed by atoms with Gasteiger partial charge in [0.2, 0.25) is 0 Å². The number of rotatable bonds is 8. The topological polar surface area (TPSA) is 85.6 Å². The molecule has 0 spiro atoms. The molecule has 1 fully saturated rings. The van der Waals surface area contributed by atoms with Crippen LogP contribution in [0.15, 0.2) is 11.3 Å². The molecule has 1 aromatic rings. The Hall–Kier alpha value is -1.67. The van der Waals surface area contributed by atoms with Crippen LogP contribution in [-0.4, -0.2) is 60.2 Å². The Morgan fingerprint density at radius 3 is 3.14 bits per heavy atom. The highest BCUT2D eigenvalue weighted by Crippen LogP contribution is 2.11. The molecule has 1 aliphatic rings. The molecule has 0 saturated carbocycles. The summed E-state index contributed by atoms with van der Waals surface area (Å²) in [5, 5.41) is 10.5. The molecule has 0 bridgehead atoms. The quantitative estimate of drug-likeness (QED) is 0.401. The van der Waals surface area contributed by atoms with E-state index in [1.165, 1.54) is 0 Å². The Morgan fingerprint density at radius 1 is 1.55 bits per heavy atom. The smallest absolute Gasteiger partial charge is 0.191 e. The van der Waals surface area contributed by atoms with Gasteiger partial charge in [-0.05, 0) is 19.3 Å². The van der Waals surface area contributed by atoms with Crippen molar-refractivity contribution in [1.29, 1.82) is 0 Å². The Balaban J connectivity index is 1.51. The number of aliphatic imine (C=N–C) groups is 1. The lowest BCUT2D eigenvalue weighted by Gasteiger charge is -2.12. The molecule has 2 N–H and O–H groups in total. The van der Waals surface area contributed by atoms with E-state index in [0.717, 1.165) is 50.8 Å². The summed E-state index contributed by atoms with van der Waals surface area (Å²) in [5.74, 6) is 1.62. The number of hydrogen-bond acceptors (Lipinski definition) is 5. The minimum absolute atomic E-state index is 0.300.